The van der Waals surface area contributed by atoms with Crippen LogP contribution in [0.4, 0.5) is 0 Å². The Labute approximate surface area is 181 Å². The molecule has 1 N–H and O–H groups in total. The van der Waals surface area contributed by atoms with E-state index in [9.17, 15) is 9.59 Å². The van der Waals surface area contributed by atoms with E-state index in [1.165, 1.54) is 0 Å². The van der Waals surface area contributed by atoms with Crippen molar-refractivity contribution in [1.29, 1.82) is 0 Å². The zero-order valence-electron chi connectivity index (χ0n) is 19.3. The van der Waals surface area contributed by atoms with E-state index in [-0.39, 0.29) is 11.8 Å². The fraction of sp³-hybridized carbons (Fsp3) is 0.462. The molecule has 2 aromatic carbocycles. The molecule has 30 heavy (non-hydrogen) atoms. The van der Waals surface area contributed by atoms with E-state index < -0.39 is 6.04 Å². The number of nitrogens with one attached hydrogen (secondary N) is 1. The maximum atomic E-state index is 13.4. The lowest BCUT2D eigenvalue weighted by molar-refractivity contribution is -0.141. The maximum Gasteiger partial charge on any atom is 0.242 e. The van der Waals surface area contributed by atoms with Crippen LogP contribution in [0.2, 0.25) is 0 Å². The molecule has 0 aromatic heterocycles. The Morgan fingerprint density at radius 1 is 1.00 bits per heavy atom. The van der Waals surface area contributed by atoms with E-state index in [0.29, 0.717) is 31.8 Å². The van der Waals surface area contributed by atoms with Crippen LogP contribution >= 0.6 is 0 Å². The summed E-state index contributed by atoms with van der Waals surface area (Å²) in [4.78, 5) is 28.2. The average Bonchev–Trinajstić information content (AvgIpc) is 2.66. The van der Waals surface area contributed by atoms with Gasteiger partial charge in [0, 0.05) is 13.1 Å². The SMILES string of the molecule is CC[C@@H](C(=O)NCC(C)C)N(Cc1ccccc1C)C(=O)Cc1cc(C)cc(C)c1. The third-order valence-electron chi connectivity index (χ3n) is 5.31. The summed E-state index contributed by atoms with van der Waals surface area (Å²) in [6, 6.07) is 13.8. The van der Waals surface area contributed by atoms with Gasteiger partial charge in [0.05, 0.1) is 6.42 Å². The number of amides is 2. The molecule has 0 heterocycles. The van der Waals surface area contributed by atoms with Crippen molar-refractivity contribution < 1.29 is 9.59 Å². The van der Waals surface area contributed by atoms with Crippen LogP contribution in [0.25, 0.3) is 0 Å². The summed E-state index contributed by atoms with van der Waals surface area (Å²) in [5, 5.41) is 3.02. The highest BCUT2D eigenvalue weighted by atomic mass is 16.2. The van der Waals surface area contributed by atoms with Crippen molar-refractivity contribution >= 4 is 11.8 Å². The molecule has 4 heteroatoms. The molecule has 0 fully saturated rings. The van der Waals surface area contributed by atoms with Gasteiger partial charge in [-0.15, -0.1) is 0 Å². The van der Waals surface area contributed by atoms with Crippen LogP contribution in [0.3, 0.4) is 0 Å². The number of carbonyl (C=O) groups is 2. The van der Waals surface area contributed by atoms with Gasteiger partial charge in [0.2, 0.25) is 11.8 Å². The van der Waals surface area contributed by atoms with E-state index in [1.807, 2.05) is 52.0 Å². The first-order valence-corrected chi connectivity index (χ1v) is 10.9. The van der Waals surface area contributed by atoms with E-state index in [1.54, 1.807) is 4.90 Å². The largest absolute Gasteiger partial charge is 0.354 e. The number of nitrogens with zero attached hydrogens (tertiary/aromatic N) is 1. The van der Waals surface area contributed by atoms with Crippen LogP contribution in [0.15, 0.2) is 42.5 Å². The van der Waals surface area contributed by atoms with E-state index in [0.717, 1.165) is 27.8 Å². The molecule has 0 aliphatic heterocycles. The summed E-state index contributed by atoms with van der Waals surface area (Å²) in [5.74, 6) is 0.269. The maximum absolute atomic E-state index is 13.4. The smallest absolute Gasteiger partial charge is 0.242 e. The lowest BCUT2D eigenvalue weighted by Gasteiger charge is -2.31. The van der Waals surface area contributed by atoms with Crippen LogP contribution in [0.1, 0.15) is 55.0 Å². The van der Waals surface area contributed by atoms with Gasteiger partial charge in [-0.05, 0) is 49.8 Å². The zero-order valence-corrected chi connectivity index (χ0v) is 19.3. The summed E-state index contributed by atoms with van der Waals surface area (Å²) in [6.07, 6.45) is 0.872. The predicted molar refractivity (Wildman–Crippen MR) is 123 cm³/mol. The first kappa shape index (κ1) is 23.7. The topological polar surface area (TPSA) is 49.4 Å². The molecule has 0 radical (unpaired) electrons. The minimum absolute atomic E-state index is 0.0187. The van der Waals surface area contributed by atoms with Gasteiger partial charge in [-0.25, -0.2) is 0 Å². The molecular weight excluding hydrogens is 372 g/mol. The van der Waals surface area contributed by atoms with Gasteiger partial charge < -0.3 is 10.2 Å². The van der Waals surface area contributed by atoms with Crippen LogP contribution < -0.4 is 5.32 Å². The van der Waals surface area contributed by atoms with Crippen LogP contribution in [0.5, 0.6) is 0 Å². The van der Waals surface area contributed by atoms with Crippen LogP contribution in [-0.4, -0.2) is 29.3 Å². The molecule has 0 saturated carbocycles. The summed E-state index contributed by atoms with van der Waals surface area (Å²) in [7, 11) is 0. The second-order valence-electron chi connectivity index (χ2n) is 8.68. The molecule has 1 atom stereocenters. The molecule has 2 amide bonds. The summed E-state index contributed by atoms with van der Waals surface area (Å²) in [6.45, 7) is 13.3. The molecule has 0 unspecified atom stereocenters. The molecule has 162 valence electrons. The first-order chi connectivity index (χ1) is 14.2. The normalized spacial score (nSPS) is 12.0. The van der Waals surface area contributed by atoms with Gasteiger partial charge >= 0.3 is 0 Å². The number of rotatable bonds is 9. The lowest BCUT2D eigenvalue weighted by Crippen LogP contribution is -2.50. The minimum Gasteiger partial charge on any atom is -0.354 e. The molecule has 2 aromatic rings. The fourth-order valence-electron chi connectivity index (χ4n) is 3.76. The van der Waals surface area contributed by atoms with Gasteiger partial charge in [0.15, 0.2) is 0 Å². The number of aryl methyl sites for hydroxylation is 3. The second kappa shape index (κ2) is 11.0. The van der Waals surface area contributed by atoms with E-state index in [4.69, 9.17) is 0 Å². The van der Waals surface area contributed by atoms with Crippen molar-refractivity contribution in [3.63, 3.8) is 0 Å². The molecule has 2 rings (SSSR count). The van der Waals surface area contributed by atoms with Gasteiger partial charge in [-0.3, -0.25) is 9.59 Å². The molecule has 0 saturated heterocycles. The van der Waals surface area contributed by atoms with Gasteiger partial charge in [-0.2, -0.15) is 0 Å². The van der Waals surface area contributed by atoms with Gasteiger partial charge in [0.25, 0.3) is 0 Å². The van der Waals surface area contributed by atoms with Crippen LogP contribution in [0, 0.1) is 26.7 Å². The average molecular weight is 409 g/mol. The second-order valence-corrected chi connectivity index (χ2v) is 8.68. The third kappa shape index (κ3) is 6.72. The van der Waals surface area contributed by atoms with Gasteiger partial charge in [0.1, 0.15) is 6.04 Å². The fourth-order valence-corrected chi connectivity index (χ4v) is 3.76. The summed E-state index contributed by atoms with van der Waals surface area (Å²) >= 11 is 0. The van der Waals surface area contributed by atoms with Crippen molar-refractivity contribution in [2.75, 3.05) is 6.54 Å². The number of benzene rings is 2. The predicted octanol–water partition coefficient (Wildman–Crippen LogP) is 4.73. The molecule has 0 aliphatic rings. The van der Waals surface area contributed by atoms with Crippen molar-refractivity contribution in [3.8, 4) is 0 Å². The van der Waals surface area contributed by atoms with Crippen molar-refractivity contribution in [2.45, 2.75) is 67.0 Å². The molecule has 0 aliphatic carbocycles. The summed E-state index contributed by atoms with van der Waals surface area (Å²) < 4.78 is 0. The van der Waals surface area contributed by atoms with Crippen molar-refractivity contribution in [2.24, 2.45) is 5.92 Å². The van der Waals surface area contributed by atoms with E-state index in [2.05, 4.69) is 37.4 Å². The Balaban J connectivity index is 2.32. The number of hydrogen-bond donors (Lipinski definition) is 1. The summed E-state index contributed by atoms with van der Waals surface area (Å²) in [5.41, 5.74) is 5.47. The third-order valence-corrected chi connectivity index (χ3v) is 5.31. The Kier molecular flexibility index (Phi) is 8.64. The highest BCUT2D eigenvalue weighted by Crippen LogP contribution is 2.18. The highest BCUT2D eigenvalue weighted by Gasteiger charge is 2.29. The van der Waals surface area contributed by atoms with Crippen LogP contribution in [-0.2, 0) is 22.6 Å². The monoisotopic (exact) mass is 408 g/mol. The number of carbonyl (C=O) groups excluding carboxylic acids is 2. The Morgan fingerprint density at radius 3 is 2.20 bits per heavy atom. The lowest BCUT2D eigenvalue weighted by atomic mass is 10.0. The van der Waals surface area contributed by atoms with Crippen molar-refractivity contribution in [3.05, 3.63) is 70.3 Å². The van der Waals surface area contributed by atoms with Crippen molar-refractivity contribution in [1.82, 2.24) is 10.2 Å². The standard InChI is InChI=1S/C26H36N2O2/c1-7-24(26(30)27-16-18(2)3)28(17-23-11-9-8-10-21(23)6)25(29)15-22-13-19(4)12-20(5)14-22/h8-14,18,24H,7,15-17H2,1-6H3,(H,27,30)/t24-/m0/s1. The molecule has 4 nitrogen and oxygen atoms in total. The Morgan fingerprint density at radius 2 is 1.63 bits per heavy atom. The first-order valence-electron chi connectivity index (χ1n) is 10.9. The Hall–Kier alpha value is -2.62. The number of hydrogen-bond acceptors (Lipinski definition) is 2. The van der Waals surface area contributed by atoms with E-state index >= 15 is 0 Å². The molecule has 0 bridgehead atoms. The minimum atomic E-state index is -0.484. The molecular formula is C26H36N2O2. The Bertz CT molecular complexity index is 853. The molecule has 0 spiro atoms. The quantitative estimate of drug-likeness (QED) is 0.652. The van der Waals surface area contributed by atoms with Gasteiger partial charge in [-0.1, -0.05) is 74.4 Å². The highest BCUT2D eigenvalue weighted by molar-refractivity contribution is 5.88. The zero-order chi connectivity index (χ0) is 22.3.